The Morgan fingerprint density at radius 2 is 0.597 bits per heavy atom. The molecule has 3 heterocycles. The van der Waals surface area contributed by atoms with E-state index in [0.717, 1.165) is 44.1 Å². The van der Waals surface area contributed by atoms with Crippen LogP contribution in [0, 0.1) is 0 Å². The molecule has 0 N–H and O–H groups in total. The molecule has 12 aromatic rings. The van der Waals surface area contributed by atoms with E-state index in [1.54, 1.807) is 0 Å². The molecule has 5 heteroatoms. The first-order valence-electron chi connectivity index (χ1n) is 20.9. The number of hydrogen-bond donors (Lipinski definition) is 0. The van der Waals surface area contributed by atoms with Crippen LogP contribution in [0.25, 0.3) is 111 Å². The Morgan fingerprint density at radius 1 is 0.242 bits per heavy atom. The molecule has 3 aromatic heterocycles. The largest absolute Gasteiger partial charge is 0.309 e. The van der Waals surface area contributed by atoms with Crippen LogP contribution in [-0.2, 0) is 0 Å². The third-order valence-electron chi connectivity index (χ3n) is 12.0. The summed E-state index contributed by atoms with van der Waals surface area (Å²) in [4.78, 5) is 15.1. The van der Waals surface area contributed by atoms with Crippen LogP contribution in [-0.4, -0.2) is 24.1 Å². The first kappa shape index (κ1) is 35.5. The Kier molecular flexibility index (Phi) is 8.42. The second-order valence-electron chi connectivity index (χ2n) is 15.7. The molecule has 0 spiro atoms. The van der Waals surface area contributed by atoms with Gasteiger partial charge in [-0.2, -0.15) is 9.97 Å². The Hall–Kier alpha value is -8.41. The van der Waals surface area contributed by atoms with Crippen LogP contribution in [0.5, 0.6) is 0 Å². The van der Waals surface area contributed by atoms with Crippen molar-refractivity contribution in [3.63, 3.8) is 0 Å². The maximum Gasteiger partial charge on any atom is 0.238 e. The SMILES string of the molecule is c1ccc(-c2nc(-c3ccccc3)nc(-n3c4ccccc4c4cc(-c5ccc(-c6ccc(-c7ccc8c(c7)c7ccccc7n8-c7ccccc7)cc6)cc5)ccc43)n2)cc1. The molecular formula is C57H37N5. The second-order valence-corrected chi connectivity index (χ2v) is 15.7. The summed E-state index contributed by atoms with van der Waals surface area (Å²) in [6, 6.07) is 79.4. The number of nitrogens with zero attached hydrogens (tertiary/aromatic N) is 5. The molecule has 0 aliphatic rings. The van der Waals surface area contributed by atoms with Crippen molar-refractivity contribution in [3.8, 4) is 67.8 Å². The number of fused-ring (bicyclic) bond motifs is 6. The molecule has 0 atom stereocenters. The molecule has 5 nitrogen and oxygen atoms in total. The van der Waals surface area contributed by atoms with Gasteiger partial charge in [0.25, 0.3) is 0 Å². The second kappa shape index (κ2) is 14.7. The monoisotopic (exact) mass is 791 g/mol. The van der Waals surface area contributed by atoms with Crippen molar-refractivity contribution in [1.82, 2.24) is 24.1 Å². The maximum absolute atomic E-state index is 5.09. The summed E-state index contributed by atoms with van der Waals surface area (Å²) in [5, 5.41) is 4.80. The predicted octanol–water partition coefficient (Wildman–Crippen LogP) is 14.4. The Morgan fingerprint density at radius 3 is 1.08 bits per heavy atom. The number of aromatic nitrogens is 5. The van der Waals surface area contributed by atoms with Gasteiger partial charge in [0.15, 0.2) is 11.6 Å². The lowest BCUT2D eigenvalue weighted by molar-refractivity contribution is 0.953. The van der Waals surface area contributed by atoms with E-state index in [-0.39, 0.29) is 0 Å². The van der Waals surface area contributed by atoms with Crippen LogP contribution in [0.1, 0.15) is 0 Å². The highest BCUT2D eigenvalue weighted by atomic mass is 15.2. The zero-order valence-electron chi connectivity index (χ0n) is 33.6. The fourth-order valence-corrected chi connectivity index (χ4v) is 8.98. The van der Waals surface area contributed by atoms with E-state index in [9.17, 15) is 0 Å². The summed E-state index contributed by atoms with van der Waals surface area (Å²) in [5.74, 6) is 1.86. The Balaban J connectivity index is 0.872. The van der Waals surface area contributed by atoms with Crippen molar-refractivity contribution >= 4 is 43.6 Å². The average molecular weight is 792 g/mol. The van der Waals surface area contributed by atoms with Crippen molar-refractivity contribution in [3.05, 3.63) is 224 Å². The van der Waals surface area contributed by atoms with E-state index in [1.807, 2.05) is 60.7 Å². The Labute approximate surface area is 358 Å². The standard InChI is InChI=1S/C57H37N5/c1-4-14-42(15-5-1)55-58-56(43-16-6-2-7-17-43)60-57(59-55)62-52-23-13-11-21-48(52)50-37-45(33-35-54(50)62)41-30-26-39(27-31-41)38-24-28-40(29-25-38)44-32-34-53-49(36-44)47-20-10-12-22-51(47)61(53)46-18-8-3-9-19-46/h1-37H. The van der Waals surface area contributed by atoms with Gasteiger partial charge in [0.05, 0.1) is 22.1 Å². The van der Waals surface area contributed by atoms with Crippen LogP contribution >= 0.6 is 0 Å². The summed E-state index contributed by atoms with van der Waals surface area (Å²) in [5.41, 5.74) is 14.6. The molecule has 62 heavy (non-hydrogen) atoms. The van der Waals surface area contributed by atoms with E-state index in [1.165, 1.54) is 49.7 Å². The third kappa shape index (κ3) is 6.06. The fourth-order valence-electron chi connectivity index (χ4n) is 8.98. The molecule has 0 bridgehead atoms. The number of hydrogen-bond acceptors (Lipinski definition) is 3. The van der Waals surface area contributed by atoms with Gasteiger partial charge < -0.3 is 4.57 Å². The van der Waals surface area contributed by atoms with Gasteiger partial charge in [-0.05, 0) is 81.9 Å². The molecule has 0 unspecified atom stereocenters. The van der Waals surface area contributed by atoms with Crippen molar-refractivity contribution < 1.29 is 0 Å². The smallest absolute Gasteiger partial charge is 0.238 e. The van der Waals surface area contributed by atoms with Gasteiger partial charge in [-0.3, -0.25) is 4.57 Å². The van der Waals surface area contributed by atoms with Crippen LogP contribution in [0.3, 0.4) is 0 Å². The molecule has 0 fully saturated rings. The molecule has 0 radical (unpaired) electrons. The van der Waals surface area contributed by atoms with Gasteiger partial charge in [0, 0.05) is 38.4 Å². The topological polar surface area (TPSA) is 48.5 Å². The van der Waals surface area contributed by atoms with E-state index < -0.39 is 0 Å². The summed E-state index contributed by atoms with van der Waals surface area (Å²) < 4.78 is 4.53. The highest BCUT2D eigenvalue weighted by Crippen LogP contribution is 2.38. The van der Waals surface area contributed by atoms with E-state index >= 15 is 0 Å². The number of rotatable bonds is 7. The molecular weight excluding hydrogens is 755 g/mol. The van der Waals surface area contributed by atoms with Crippen LogP contribution in [0.4, 0.5) is 0 Å². The summed E-state index contributed by atoms with van der Waals surface area (Å²) in [6.45, 7) is 0. The molecule has 12 rings (SSSR count). The third-order valence-corrected chi connectivity index (χ3v) is 12.0. The first-order valence-corrected chi connectivity index (χ1v) is 20.9. The quantitative estimate of drug-likeness (QED) is 0.162. The van der Waals surface area contributed by atoms with Gasteiger partial charge in [0.2, 0.25) is 5.95 Å². The fraction of sp³-hybridized carbons (Fsp3) is 0. The van der Waals surface area contributed by atoms with Gasteiger partial charge in [-0.15, -0.1) is 0 Å². The number of benzene rings is 9. The van der Waals surface area contributed by atoms with Gasteiger partial charge in [0.1, 0.15) is 0 Å². The summed E-state index contributed by atoms with van der Waals surface area (Å²) in [6.07, 6.45) is 0. The molecule has 0 saturated heterocycles. The van der Waals surface area contributed by atoms with Crippen molar-refractivity contribution in [1.29, 1.82) is 0 Å². The predicted molar refractivity (Wildman–Crippen MR) is 256 cm³/mol. The minimum Gasteiger partial charge on any atom is -0.309 e. The van der Waals surface area contributed by atoms with Crippen molar-refractivity contribution in [2.45, 2.75) is 0 Å². The average Bonchev–Trinajstić information content (AvgIpc) is 3.87. The highest BCUT2D eigenvalue weighted by molar-refractivity contribution is 6.11. The van der Waals surface area contributed by atoms with E-state index in [2.05, 4.69) is 173 Å². The molecule has 0 amide bonds. The van der Waals surface area contributed by atoms with Crippen LogP contribution in [0.2, 0.25) is 0 Å². The zero-order valence-corrected chi connectivity index (χ0v) is 33.6. The molecule has 9 aromatic carbocycles. The highest BCUT2D eigenvalue weighted by Gasteiger charge is 2.19. The first-order chi connectivity index (χ1) is 30.7. The molecule has 290 valence electrons. The molecule has 0 saturated carbocycles. The lowest BCUT2D eigenvalue weighted by Gasteiger charge is -2.11. The van der Waals surface area contributed by atoms with Crippen molar-refractivity contribution in [2.24, 2.45) is 0 Å². The zero-order chi connectivity index (χ0) is 41.0. The van der Waals surface area contributed by atoms with Gasteiger partial charge >= 0.3 is 0 Å². The normalized spacial score (nSPS) is 11.5. The van der Waals surface area contributed by atoms with E-state index in [0.29, 0.717) is 17.6 Å². The van der Waals surface area contributed by atoms with Crippen LogP contribution in [0.15, 0.2) is 224 Å². The van der Waals surface area contributed by atoms with E-state index in [4.69, 9.17) is 15.0 Å². The van der Waals surface area contributed by atoms with Gasteiger partial charge in [-0.25, -0.2) is 4.98 Å². The molecule has 0 aliphatic carbocycles. The van der Waals surface area contributed by atoms with Gasteiger partial charge in [-0.1, -0.05) is 176 Å². The number of para-hydroxylation sites is 3. The summed E-state index contributed by atoms with van der Waals surface area (Å²) in [7, 11) is 0. The Bertz CT molecular complexity index is 3530. The lowest BCUT2D eigenvalue weighted by Crippen LogP contribution is -2.06. The lowest BCUT2D eigenvalue weighted by atomic mass is 9.97. The van der Waals surface area contributed by atoms with Crippen molar-refractivity contribution in [2.75, 3.05) is 0 Å². The maximum atomic E-state index is 5.09. The minimum atomic E-state index is 0.586. The minimum absolute atomic E-state index is 0.586. The molecule has 0 aliphatic heterocycles. The summed E-state index contributed by atoms with van der Waals surface area (Å²) >= 11 is 0. The van der Waals surface area contributed by atoms with Crippen LogP contribution < -0.4 is 0 Å².